The van der Waals surface area contributed by atoms with Gasteiger partial charge >= 0.3 is 5.97 Å². The summed E-state index contributed by atoms with van der Waals surface area (Å²) in [6, 6.07) is 0.0751. The second-order valence-corrected chi connectivity index (χ2v) is 2.84. The number of likely N-dealkylation sites (tertiary alicyclic amines) is 1. The van der Waals surface area contributed by atoms with Crippen molar-refractivity contribution < 1.29 is 15.0 Å². The fourth-order valence-electron chi connectivity index (χ4n) is 1.48. The molecule has 4 heteroatoms. The maximum atomic E-state index is 10.3. The summed E-state index contributed by atoms with van der Waals surface area (Å²) in [6.45, 7) is 0.941. The van der Waals surface area contributed by atoms with E-state index in [4.69, 9.17) is 10.2 Å². The number of nitrogens with zero attached hydrogens (tertiary/aromatic N) is 1. The van der Waals surface area contributed by atoms with E-state index in [2.05, 4.69) is 0 Å². The van der Waals surface area contributed by atoms with E-state index in [1.165, 1.54) is 0 Å². The van der Waals surface area contributed by atoms with Crippen molar-refractivity contribution in [1.29, 1.82) is 0 Å². The molecule has 1 fully saturated rings. The molecule has 0 spiro atoms. The minimum absolute atomic E-state index is 0.0607. The average Bonchev–Trinajstić information content (AvgIpc) is 2.34. The Labute approximate surface area is 65.4 Å². The predicted octanol–water partition coefficient (Wildman–Crippen LogP) is -0.472. The Kier molecular flexibility index (Phi) is 2.84. The van der Waals surface area contributed by atoms with Crippen LogP contribution in [-0.2, 0) is 4.79 Å². The zero-order valence-electron chi connectivity index (χ0n) is 6.36. The highest BCUT2D eigenvalue weighted by atomic mass is 16.4. The van der Waals surface area contributed by atoms with Gasteiger partial charge in [0.05, 0.1) is 13.2 Å². The van der Waals surface area contributed by atoms with E-state index in [0.29, 0.717) is 0 Å². The molecule has 0 bridgehead atoms. The summed E-state index contributed by atoms with van der Waals surface area (Å²) >= 11 is 0. The molecule has 1 rings (SSSR count). The van der Waals surface area contributed by atoms with Crippen LogP contribution in [0.25, 0.3) is 0 Å². The van der Waals surface area contributed by atoms with Crippen molar-refractivity contribution in [3.63, 3.8) is 0 Å². The molecule has 11 heavy (non-hydrogen) atoms. The minimum atomic E-state index is -0.814. The smallest absolute Gasteiger partial charge is 0.317 e. The third kappa shape index (κ3) is 2.17. The molecular formula is C7H13NO3. The van der Waals surface area contributed by atoms with Crippen LogP contribution in [0.1, 0.15) is 12.8 Å². The largest absolute Gasteiger partial charge is 0.480 e. The van der Waals surface area contributed by atoms with Crippen molar-refractivity contribution in [2.45, 2.75) is 18.9 Å². The monoisotopic (exact) mass is 159 g/mol. The van der Waals surface area contributed by atoms with Crippen LogP contribution >= 0.6 is 0 Å². The number of aliphatic hydroxyl groups is 1. The number of carbonyl (C=O) groups is 1. The van der Waals surface area contributed by atoms with Gasteiger partial charge in [0.1, 0.15) is 0 Å². The Bertz CT molecular complexity index is 149. The Balaban J connectivity index is 2.37. The topological polar surface area (TPSA) is 60.8 Å². The van der Waals surface area contributed by atoms with E-state index < -0.39 is 5.97 Å². The summed E-state index contributed by atoms with van der Waals surface area (Å²) in [6.07, 6.45) is 1.92. The molecule has 4 nitrogen and oxygen atoms in total. The minimum Gasteiger partial charge on any atom is -0.480 e. The Hall–Kier alpha value is -0.610. The third-order valence-electron chi connectivity index (χ3n) is 2.05. The van der Waals surface area contributed by atoms with Gasteiger partial charge in [-0.25, -0.2) is 0 Å². The number of aliphatic carboxylic acids is 1. The number of rotatable bonds is 3. The van der Waals surface area contributed by atoms with Gasteiger partial charge in [-0.1, -0.05) is 0 Å². The lowest BCUT2D eigenvalue weighted by atomic mass is 10.2. The van der Waals surface area contributed by atoms with Crippen LogP contribution in [0.15, 0.2) is 0 Å². The summed E-state index contributed by atoms with van der Waals surface area (Å²) in [5.41, 5.74) is 0. The van der Waals surface area contributed by atoms with E-state index in [-0.39, 0.29) is 19.2 Å². The van der Waals surface area contributed by atoms with E-state index in [1.807, 2.05) is 4.90 Å². The number of aliphatic hydroxyl groups excluding tert-OH is 1. The first-order chi connectivity index (χ1) is 5.24. The molecule has 1 atom stereocenters. The number of hydrogen-bond donors (Lipinski definition) is 2. The summed E-state index contributed by atoms with van der Waals surface area (Å²) in [5.74, 6) is -0.814. The number of carboxylic acid groups (broad SMARTS) is 1. The fourth-order valence-corrected chi connectivity index (χ4v) is 1.48. The van der Waals surface area contributed by atoms with Gasteiger partial charge in [-0.05, 0) is 19.4 Å². The number of hydrogen-bond acceptors (Lipinski definition) is 3. The fraction of sp³-hybridized carbons (Fsp3) is 0.857. The summed E-state index contributed by atoms with van der Waals surface area (Å²) in [5, 5.41) is 17.3. The van der Waals surface area contributed by atoms with Gasteiger partial charge in [0.2, 0.25) is 0 Å². The molecular weight excluding hydrogens is 146 g/mol. The van der Waals surface area contributed by atoms with E-state index in [1.54, 1.807) is 0 Å². The van der Waals surface area contributed by atoms with Crippen molar-refractivity contribution in [2.24, 2.45) is 0 Å². The van der Waals surface area contributed by atoms with Gasteiger partial charge in [0.15, 0.2) is 0 Å². The molecule has 0 radical (unpaired) electrons. The van der Waals surface area contributed by atoms with Crippen molar-refractivity contribution in [3.05, 3.63) is 0 Å². The van der Waals surface area contributed by atoms with Crippen molar-refractivity contribution in [2.75, 3.05) is 19.7 Å². The third-order valence-corrected chi connectivity index (χ3v) is 2.05. The lowest BCUT2D eigenvalue weighted by Gasteiger charge is -2.19. The van der Waals surface area contributed by atoms with Crippen LogP contribution in [0.3, 0.4) is 0 Å². The van der Waals surface area contributed by atoms with Gasteiger partial charge in [0.25, 0.3) is 0 Å². The molecule has 0 aromatic heterocycles. The highest BCUT2D eigenvalue weighted by molar-refractivity contribution is 5.69. The molecule has 0 saturated carbocycles. The quantitative estimate of drug-likeness (QED) is 0.584. The average molecular weight is 159 g/mol. The highest BCUT2D eigenvalue weighted by Gasteiger charge is 2.24. The molecule has 0 unspecified atom stereocenters. The SMILES string of the molecule is O=C(O)CN1CCC[C@@H]1CO. The first-order valence-corrected chi connectivity index (χ1v) is 3.80. The Morgan fingerprint density at radius 3 is 2.91 bits per heavy atom. The summed E-state index contributed by atoms with van der Waals surface area (Å²) < 4.78 is 0. The van der Waals surface area contributed by atoms with Crippen molar-refractivity contribution in [3.8, 4) is 0 Å². The molecule has 64 valence electrons. The first-order valence-electron chi connectivity index (χ1n) is 3.80. The second kappa shape index (κ2) is 3.69. The summed E-state index contributed by atoms with van der Waals surface area (Å²) in [4.78, 5) is 12.1. The maximum Gasteiger partial charge on any atom is 0.317 e. The van der Waals surface area contributed by atoms with Crippen LogP contribution in [0, 0.1) is 0 Å². The molecule has 0 aromatic rings. The van der Waals surface area contributed by atoms with Crippen LogP contribution in [0.5, 0.6) is 0 Å². The van der Waals surface area contributed by atoms with E-state index in [0.717, 1.165) is 19.4 Å². The molecule has 0 aliphatic carbocycles. The highest BCUT2D eigenvalue weighted by Crippen LogP contribution is 2.15. The molecule has 0 amide bonds. The summed E-state index contributed by atoms with van der Waals surface area (Å²) in [7, 11) is 0. The van der Waals surface area contributed by atoms with Gasteiger partial charge < -0.3 is 10.2 Å². The van der Waals surface area contributed by atoms with Crippen LogP contribution in [0.2, 0.25) is 0 Å². The molecule has 2 N–H and O–H groups in total. The molecule has 0 aromatic carbocycles. The van der Waals surface area contributed by atoms with Crippen LogP contribution < -0.4 is 0 Å². The second-order valence-electron chi connectivity index (χ2n) is 2.84. The molecule has 1 aliphatic rings. The number of carboxylic acids is 1. The van der Waals surface area contributed by atoms with E-state index in [9.17, 15) is 4.79 Å². The molecule has 1 aliphatic heterocycles. The molecule has 1 heterocycles. The molecule has 1 saturated heterocycles. The Morgan fingerprint density at radius 2 is 2.36 bits per heavy atom. The predicted molar refractivity (Wildman–Crippen MR) is 39.3 cm³/mol. The van der Waals surface area contributed by atoms with Gasteiger partial charge in [-0.3, -0.25) is 9.69 Å². The zero-order chi connectivity index (χ0) is 8.27. The van der Waals surface area contributed by atoms with Crippen molar-refractivity contribution >= 4 is 5.97 Å². The first kappa shape index (κ1) is 8.49. The lowest BCUT2D eigenvalue weighted by Crippen LogP contribution is -2.36. The zero-order valence-corrected chi connectivity index (χ0v) is 6.36. The maximum absolute atomic E-state index is 10.3. The van der Waals surface area contributed by atoms with Crippen LogP contribution in [-0.4, -0.2) is 46.8 Å². The van der Waals surface area contributed by atoms with Crippen molar-refractivity contribution in [1.82, 2.24) is 4.90 Å². The normalized spacial score (nSPS) is 25.7. The standard InChI is InChI=1S/C7H13NO3/c9-5-6-2-1-3-8(6)4-7(10)11/h6,9H,1-5H2,(H,10,11)/t6-/m1/s1. The van der Waals surface area contributed by atoms with Gasteiger partial charge in [-0.15, -0.1) is 0 Å². The van der Waals surface area contributed by atoms with Gasteiger partial charge in [0, 0.05) is 6.04 Å². The van der Waals surface area contributed by atoms with Gasteiger partial charge in [-0.2, -0.15) is 0 Å². The lowest BCUT2D eigenvalue weighted by molar-refractivity contribution is -0.138. The Morgan fingerprint density at radius 1 is 1.64 bits per heavy atom. The van der Waals surface area contributed by atoms with Crippen LogP contribution in [0.4, 0.5) is 0 Å². The van der Waals surface area contributed by atoms with E-state index >= 15 is 0 Å².